The first-order chi connectivity index (χ1) is 8.32. The van der Waals surface area contributed by atoms with Gasteiger partial charge in [-0.25, -0.2) is 10.5 Å². The van der Waals surface area contributed by atoms with E-state index < -0.39 is 18.1 Å². The largest absolute Gasteiger partial charge is 0.410 e. The lowest BCUT2D eigenvalue weighted by Crippen LogP contribution is -2.38. The van der Waals surface area contributed by atoms with Crippen molar-refractivity contribution < 1.29 is 18.0 Å². The molecule has 6 nitrogen and oxygen atoms in total. The van der Waals surface area contributed by atoms with Crippen molar-refractivity contribution in [2.24, 2.45) is 5.84 Å². The molecule has 9 heteroatoms. The van der Waals surface area contributed by atoms with E-state index in [1.54, 1.807) is 6.92 Å². The number of amides is 1. The van der Waals surface area contributed by atoms with Gasteiger partial charge in [-0.15, -0.1) is 0 Å². The lowest BCUT2D eigenvalue weighted by Gasteiger charge is -2.31. The Balaban J connectivity index is 2.42. The van der Waals surface area contributed by atoms with E-state index in [1.807, 2.05) is 5.43 Å². The van der Waals surface area contributed by atoms with Crippen molar-refractivity contribution in [2.75, 3.05) is 5.32 Å². The van der Waals surface area contributed by atoms with Gasteiger partial charge in [0, 0.05) is 12.1 Å². The van der Waals surface area contributed by atoms with Crippen LogP contribution in [-0.2, 0) is 0 Å². The summed E-state index contributed by atoms with van der Waals surface area (Å²) in [6, 6.07) is -0.839. The van der Waals surface area contributed by atoms with Crippen LogP contribution in [0.25, 0.3) is 0 Å². The summed E-state index contributed by atoms with van der Waals surface area (Å²) in [7, 11) is 0. The number of hydrazine groups is 1. The number of halogens is 3. The van der Waals surface area contributed by atoms with Crippen molar-refractivity contribution in [2.45, 2.75) is 31.6 Å². The maximum atomic E-state index is 12.9. The third kappa shape index (κ3) is 2.13. The van der Waals surface area contributed by atoms with Gasteiger partial charge in [0.1, 0.15) is 5.82 Å². The maximum absolute atomic E-state index is 12.9. The molecule has 1 aliphatic rings. The van der Waals surface area contributed by atoms with Gasteiger partial charge in [-0.3, -0.25) is 10.2 Å². The number of hydrogen-bond donors (Lipinski definition) is 3. The first-order valence-corrected chi connectivity index (χ1v) is 5.26. The molecule has 2 heterocycles. The first kappa shape index (κ1) is 12.7. The van der Waals surface area contributed by atoms with Crippen LogP contribution in [0.4, 0.5) is 19.0 Å². The molecule has 0 fully saturated rings. The van der Waals surface area contributed by atoms with Crippen LogP contribution in [0.5, 0.6) is 0 Å². The molecule has 2 rings (SSSR count). The van der Waals surface area contributed by atoms with Gasteiger partial charge in [-0.05, 0) is 13.3 Å². The zero-order chi connectivity index (χ0) is 13.5. The Kier molecular flexibility index (Phi) is 2.93. The van der Waals surface area contributed by atoms with E-state index in [2.05, 4.69) is 10.4 Å². The minimum absolute atomic E-state index is 0.137. The zero-order valence-corrected chi connectivity index (χ0v) is 9.45. The molecule has 4 N–H and O–H groups in total. The second kappa shape index (κ2) is 4.16. The van der Waals surface area contributed by atoms with Gasteiger partial charge < -0.3 is 5.32 Å². The van der Waals surface area contributed by atoms with Crippen molar-refractivity contribution in [1.82, 2.24) is 15.2 Å². The van der Waals surface area contributed by atoms with Crippen molar-refractivity contribution in [1.29, 1.82) is 0 Å². The standard InChI is InChI=1S/C9H12F3N5O/c1-4-2-6(9(10,11)12)17-7(14-4)3-5(16-17)8(18)15-13/h3-4,6,14H,2,13H2,1H3,(H,15,18)/t4-,6+/m0/s1. The average Bonchev–Trinajstić information content (AvgIpc) is 2.68. The summed E-state index contributed by atoms with van der Waals surface area (Å²) in [6.45, 7) is 1.64. The van der Waals surface area contributed by atoms with Crippen LogP contribution in [0.3, 0.4) is 0 Å². The summed E-state index contributed by atoms with van der Waals surface area (Å²) in [6.07, 6.45) is -4.55. The summed E-state index contributed by atoms with van der Waals surface area (Å²) in [5.74, 6) is 4.35. The number of carbonyl (C=O) groups is 1. The fraction of sp³-hybridized carbons (Fsp3) is 0.556. The van der Waals surface area contributed by atoms with Crippen LogP contribution in [0.2, 0.25) is 0 Å². The second-order valence-corrected chi connectivity index (χ2v) is 4.17. The lowest BCUT2D eigenvalue weighted by atomic mass is 10.1. The summed E-state index contributed by atoms with van der Waals surface area (Å²) < 4.78 is 39.4. The molecule has 0 aliphatic carbocycles. The van der Waals surface area contributed by atoms with Gasteiger partial charge in [0.2, 0.25) is 0 Å². The van der Waals surface area contributed by atoms with Gasteiger partial charge in [0.25, 0.3) is 5.91 Å². The number of aromatic nitrogens is 2. The minimum Gasteiger partial charge on any atom is -0.368 e. The third-order valence-electron chi connectivity index (χ3n) is 2.74. The van der Waals surface area contributed by atoms with Crippen molar-refractivity contribution >= 4 is 11.7 Å². The van der Waals surface area contributed by atoms with E-state index >= 15 is 0 Å². The topological polar surface area (TPSA) is 85.0 Å². The second-order valence-electron chi connectivity index (χ2n) is 4.17. The van der Waals surface area contributed by atoms with Crippen LogP contribution in [0.15, 0.2) is 6.07 Å². The zero-order valence-electron chi connectivity index (χ0n) is 9.45. The average molecular weight is 263 g/mol. The molecule has 0 aromatic carbocycles. The summed E-state index contributed by atoms with van der Waals surface area (Å²) in [5, 5.41) is 6.49. The molecule has 2 atom stereocenters. The van der Waals surface area contributed by atoms with Crippen molar-refractivity contribution in [3.8, 4) is 0 Å². The predicted molar refractivity (Wildman–Crippen MR) is 56.7 cm³/mol. The Morgan fingerprint density at radius 1 is 1.67 bits per heavy atom. The van der Waals surface area contributed by atoms with Gasteiger partial charge in [0.05, 0.1) is 0 Å². The van der Waals surface area contributed by atoms with E-state index in [-0.39, 0.29) is 24.0 Å². The molecule has 100 valence electrons. The first-order valence-electron chi connectivity index (χ1n) is 5.26. The molecule has 0 bridgehead atoms. The van der Waals surface area contributed by atoms with Crippen LogP contribution < -0.4 is 16.6 Å². The van der Waals surface area contributed by atoms with E-state index in [1.165, 1.54) is 6.07 Å². The highest BCUT2D eigenvalue weighted by Crippen LogP contribution is 2.39. The predicted octanol–water partition coefficient (Wildman–Crippen LogP) is 0.794. The molecule has 1 aromatic heterocycles. The Morgan fingerprint density at radius 2 is 2.33 bits per heavy atom. The van der Waals surface area contributed by atoms with Gasteiger partial charge >= 0.3 is 6.18 Å². The normalized spacial score (nSPS) is 23.2. The molecule has 0 saturated heterocycles. The molecule has 18 heavy (non-hydrogen) atoms. The number of anilines is 1. The summed E-state index contributed by atoms with van der Waals surface area (Å²) in [4.78, 5) is 11.2. The van der Waals surface area contributed by atoms with Crippen LogP contribution in [-0.4, -0.2) is 27.9 Å². The molecular formula is C9H12F3N5O. The van der Waals surface area contributed by atoms with Crippen LogP contribution in [0.1, 0.15) is 29.9 Å². The lowest BCUT2D eigenvalue weighted by molar-refractivity contribution is -0.173. The molecule has 0 saturated carbocycles. The summed E-state index contributed by atoms with van der Waals surface area (Å²) >= 11 is 0. The Morgan fingerprint density at radius 3 is 2.89 bits per heavy atom. The number of nitrogens with one attached hydrogen (secondary N) is 2. The highest BCUT2D eigenvalue weighted by atomic mass is 19.4. The molecule has 1 aliphatic heterocycles. The van der Waals surface area contributed by atoms with Crippen molar-refractivity contribution in [3.63, 3.8) is 0 Å². The Hall–Kier alpha value is -1.77. The van der Waals surface area contributed by atoms with E-state index in [0.717, 1.165) is 4.68 Å². The number of carbonyl (C=O) groups excluding carboxylic acids is 1. The van der Waals surface area contributed by atoms with E-state index in [9.17, 15) is 18.0 Å². The minimum atomic E-state index is -4.41. The SMILES string of the molecule is C[C@H]1C[C@H](C(F)(F)F)n2nc(C(=O)NN)cc2N1. The van der Waals surface area contributed by atoms with Gasteiger partial charge in [-0.2, -0.15) is 18.3 Å². The molecule has 0 spiro atoms. The number of nitrogens with two attached hydrogens (primary N) is 1. The van der Waals surface area contributed by atoms with Gasteiger partial charge in [-0.1, -0.05) is 0 Å². The Labute approximate surface area is 100 Å². The molecule has 1 amide bonds. The highest BCUT2D eigenvalue weighted by Gasteiger charge is 2.45. The number of nitrogens with zero attached hydrogens (tertiary/aromatic N) is 2. The molecular weight excluding hydrogens is 251 g/mol. The van der Waals surface area contributed by atoms with Crippen molar-refractivity contribution in [3.05, 3.63) is 11.8 Å². The van der Waals surface area contributed by atoms with Crippen LogP contribution >= 0.6 is 0 Å². The summed E-state index contributed by atoms with van der Waals surface area (Å²) in [5.41, 5.74) is 1.68. The quantitative estimate of drug-likeness (QED) is 0.397. The molecule has 0 unspecified atom stereocenters. The fourth-order valence-corrected chi connectivity index (χ4v) is 1.94. The maximum Gasteiger partial charge on any atom is 0.410 e. The fourth-order valence-electron chi connectivity index (χ4n) is 1.94. The highest BCUT2D eigenvalue weighted by molar-refractivity contribution is 5.92. The van der Waals surface area contributed by atoms with Crippen LogP contribution in [0, 0.1) is 0 Å². The number of fused-ring (bicyclic) bond motifs is 1. The smallest absolute Gasteiger partial charge is 0.368 e. The number of hydrogen-bond acceptors (Lipinski definition) is 4. The third-order valence-corrected chi connectivity index (χ3v) is 2.74. The van der Waals surface area contributed by atoms with E-state index in [0.29, 0.717) is 0 Å². The van der Waals surface area contributed by atoms with E-state index in [4.69, 9.17) is 5.84 Å². The monoisotopic (exact) mass is 263 g/mol. The number of alkyl halides is 3. The number of nitrogen functional groups attached to an aromatic ring is 1. The molecule has 1 aromatic rings. The van der Waals surface area contributed by atoms with Gasteiger partial charge in [0.15, 0.2) is 11.7 Å². The molecule has 0 radical (unpaired) electrons. The number of rotatable bonds is 1. The Bertz CT molecular complexity index is 469.